The van der Waals surface area contributed by atoms with Crippen LogP contribution in [0.3, 0.4) is 0 Å². The maximum Gasteiger partial charge on any atom is 0.243 e. The van der Waals surface area contributed by atoms with Gasteiger partial charge in [-0.05, 0) is 37.4 Å². The Bertz CT molecular complexity index is 1090. The van der Waals surface area contributed by atoms with Crippen LogP contribution in [0.2, 0.25) is 5.02 Å². The number of sulfonamides is 1. The van der Waals surface area contributed by atoms with Crippen LogP contribution in [-0.2, 0) is 19.6 Å². The van der Waals surface area contributed by atoms with Gasteiger partial charge in [0.2, 0.25) is 21.8 Å². The number of carbonyl (C=O) groups excluding carboxylic acids is 2. The Morgan fingerprint density at radius 2 is 1.75 bits per heavy atom. The fourth-order valence-electron chi connectivity index (χ4n) is 3.34. The van der Waals surface area contributed by atoms with Crippen molar-refractivity contribution < 1.29 is 22.4 Å². The Labute approximate surface area is 191 Å². The molecule has 1 aliphatic heterocycles. The molecule has 0 atom stereocenters. The van der Waals surface area contributed by atoms with Gasteiger partial charge in [0.25, 0.3) is 0 Å². The molecule has 172 valence electrons. The van der Waals surface area contributed by atoms with Gasteiger partial charge in [-0.25, -0.2) is 12.8 Å². The lowest BCUT2D eigenvalue weighted by Crippen LogP contribution is -2.52. The molecular weight excluding hydrogens is 459 g/mol. The predicted octanol–water partition coefficient (Wildman–Crippen LogP) is 1.88. The summed E-state index contributed by atoms with van der Waals surface area (Å²) in [6, 6.07) is 11.7. The lowest BCUT2D eigenvalue weighted by Gasteiger charge is -2.34. The van der Waals surface area contributed by atoms with Gasteiger partial charge in [0.05, 0.1) is 28.7 Å². The molecule has 2 aromatic carbocycles. The minimum Gasteiger partial charge on any atom is -0.339 e. The molecule has 0 unspecified atom stereocenters. The van der Waals surface area contributed by atoms with Gasteiger partial charge in [0.1, 0.15) is 5.82 Å². The van der Waals surface area contributed by atoms with Gasteiger partial charge in [-0.3, -0.25) is 14.5 Å². The van der Waals surface area contributed by atoms with Gasteiger partial charge in [-0.2, -0.15) is 4.31 Å². The third-order valence-corrected chi connectivity index (χ3v) is 7.22. The van der Waals surface area contributed by atoms with Crippen LogP contribution in [-0.4, -0.2) is 80.7 Å². The largest absolute Gasteiger partial charge is 0.339 e. The molecule has 2 amide bonds. The highest BCUT2D eigenvalue weighted by Crippen LogP contribution is 2.20. The van der Waals surface area contributed by atoms with E-state index in [1.54, 1.807) is 41.1 Å². The van der Waals surface area contributed by atoms with Crippen LogP contribution in [0.25, 0.3) is 0 Å². The number of rotatable bonds is 7. The molecule has 0 spiro atoms. The van der Waals surface area contributed by atoms with Crippen molar-refractivity contribution in [3.8, 4) is 0 Å². The number of nitrogens with one attached hydrogen (secondary N) is 1. The van der Waals surface area contributed by atoms with Crippen LogP contribution in [0.5, 0.6) is 0 Å². The van der Waals surface area contributed by atoms with Gasteiger partial charge in [0.15, 0.2) is 0 Å². The monoisotopic (exact) mass is 482 g/mol. The minimum absolute atomic E-state index is 0.00654. The van der Waals surface area contributed by atoms with E-state index in [9.17, 15) is 22.4 Å². The number of likely N-dealkylation sites (N-methyl/N-ethyl adjacent to an activating group) is 1. The first-order valence-corrected chi connectivity index (χ1v) is 11.7. The smallest absolute Gasteiger partial charge is 0.243 e. The normalized spacial score (nSPS) is 15.1. The summed E-state index contributed by atoms with van der Waals surface area (Å²) in [4.78, 5) is 27.8. The molecule has 0 aromatic heterocycles. The van der Waals surface area contributed by atoms with Crippen LogP contribution in [0.4, 0.5) is 10.1 Å². The van der Waals surface area contributed by atoms with E-state index in [1.807, 2.05) is 0 Å². The summed E-state index contributed by atoms with van der Waals surface area (Å²) in [5.41, 5.74) is 0.495. The number of para-hydroxylation sites is 1. The van der Waals surface area contributed by atoms with Crippen molar-refractivity contribution in [3.05, 3.63) is 59.4 Å². The number of nitrogens with zero attached hydrogens (tertiary/aromatic N) is 3. The molecule has 8 nitrogen and oxygen atoms in total. The van der Waals surface area contributed by atoms with Gasteiger partial charge in [-0.15, -0.1) is 0 Å². The number of carbonyl (C=O) groups is 2. The second-order valence-corrected chi connectivity index (χ2v) is 9.79. The van der Waals surface area contributed by atoms with Gasteiger partial charge >= 0.3 is 0 Å². The molecule has 1 aliphatic rings. The Hall–Kier alpha value is -2.53. The number of piperazine rings is 1. The predicted molar refractivity (Wildman–Crippen MR) is 119 cm³/mol. The van der Waals surface area contributed by atoms with Crippen molar-refractivity contribution in [2.45, 2.75) is 4.90 Å². The lowest BCUT2D eigenvalue weighted by molar-refractivity contribution is -0.133. The van der Waals surface area contributed by atoms with Gasteiger partial charge in [0, 0.05) is 26.2 Å². The highest BCUT2D eigenvalue weighted by Gasteiger charge is 2.30. The molecule has 1 heterocycles. The quantitative estimate of drug-likeness (QED) is 0.651. The highest BCUT2D eigenvalue weighted by molar-refractivity contribution is 7.89. The number of hydrogen-bond acceptors (Lipinski definition) is 5. The second kappa shape index (κ2) is 10.4. The van der Waals surface area contributed by atoms with Crippen LogP contribution in [0.15, 0.2) is 53.4 Å². The van der Waals surface area contributed by atoms with Crippen LogP contribution < -0.4 is 5.32 Å². The Balaban J connectivity index is 1.49. The molecule has 1 N–H and O–H groups in total. The SMILES string of the molecule is CN(CC(=O)Nc1ccccc1Cl)CC(=O)N1CCN(S(=O)(=O)c2cccc(F)c2)CC1. The lowest BCUT2D eigenvalue weighted by atomic mass is 10.3. The summed E-state index contributed by atoms with van der Waals surface area (Å²) in [7, 11) is -2.18. The van der Waals surface area contributed by atoms with E-state index < -0.39 is 15.8 Å². The average molecular weight is 483 g/mol. The molecule has 2 aromatic rings. The van der Waals surface area contributed by atoms with E-state index in [2.05, 4.69) is 5.32 Å². The van der Waals surface area contributed by atoms with Crippen molar-refractivity contribution >= 4 is 39.1 Å². The molecule has 11 heteroatoms. The van der Waals surface area contributed by atoms with Crippen LogP contribution in [0.1, 0.15) is 0 Å². The third kappa shape index (κ3) is 6.04. The fraction of sp³-hybridized carbons (Fsp3) is 0.333. The molecule has 1 saturated heterocycles. The average Bonchev–Trinajstić information content (AvgIpc) is 2.75. The highest BCUT2D eigenvalue weighted by atomic mass is 35.5. The van der Waals surface area contributed by atoms with Crippen molar-refractivity contribution in [2.75, 3.05) is 51.6 Å². The first-order valence-electron chi connectivity index (χ1n) is 9.93. The maximum absolute atomic E-state index is 13.4. The van der Waals surface area contributed by atoms with Crippen molar-refractivity contribution in [1.82, 2.24) is 14.1 Å². The van der Waals surface area contributed by atoms with Gasteiger partial charge < -0.3 is 10.2 Å². The van der Waals surface area contributed by atoms with E-state index in [4.69, 9.17) is 11.6 Å². The molecule has 32 heavy (non-hydrogen) atoms. The zero-order valence-corrected chi connectivity index (χ0v) is 19.1. The number of anilines is 1. The van der Waals surface area contributed by atoms with E-state index in [-0.39, 0.29) is 56.0 Å². The number of hydrogen-bond donors (Lipinski definition) is 1. The summed E-state index contributed by atoms with van der Waals surface area (Å²) in [6.07, 6.45) is 0. The molecule has 0 saturated carbocycles. The van der Waals surface area contributed by atoms with E-state index in [0.29, 0.717) is 10.7 Å². The van der Waals surface area contributed by atoms with Crippen LogP contribution in [0, 0.1) is 5.82 Å². The molecule has 1 fully saturated rings. The molecule has 3 rings (SSSR count). The molecule has 0 bridgehead atoms. The maximum atomic E-state index is 13.4. The Morgan fingerprint density at radius 3 is 2.41 bits per heavy atom. The summed E-state index contributed by atoms with van der Waals surface area (Å²) < 4.78 is 40.0. The number of amides is 2. The first-order chi connectivity index (χ1) is 15.2. The van der Waals surface area contributed by atoms with Crippen LogP contribution >= 0.6 is 11.6 Å². The number of halogens is 2. The Kier molecular flexibility index (Phi) is 7.83. The Morgan fingerprint density at radius 1 is 1.06 bits per heavy atom. The minimum atomic E-state index is -3.82. The molecular formula is C21H24ClFN4O4S. The summed E-state index contributed by atoms with van der Waals surface area (Å²) >= 11 is 6.03. The van der Waals surface area contributed by atoms with E-state index >= 15 is 0 Å². The third-order valence-electron chi connectivity index (χ3n) is 4.99. The molecule has 0 radical (unpaired) electrons. The zero-order chi connectivity index (χ0) is 23.3. The molecule has 0 aliphatic carbocycles. The zero-order valence-electron chi connectivity index (χ0n) is 17.5. The number of benzene rings is 2. The van der Waals surface area contributed by atoms with E-state index in [0.717, 1.165) is 6.07 Å². The summed E-state index contributed by atoms with van der Waals surface area (Å²) in [6.45, 7) is 0.653. The second-order valence-electron chi connectivity index (χ2n) is 7.44. The first kappa shape index (κ1) is 24.1. The van der Waals surface area contributed by atoms with Crippen molar-refractivity contribution in [3.63, 3.8) is 0 Å². The van der Waals surface area contributed by atoms with Gasteiger partial charge in [-0.1, -0.05) is 29.8 Å². The van der Waals surface area contributed by atoms with Crippen molar-refractivity contribution in [2.24, 2.45) is 0 Å². The fourth-order valence-corrected chi connectivity index (χ4v) is 4.98. The van der Waals surface area contributed by atoms with Crippen molar-refractivity contribution in [1.29, 1.82) is 0 Å². The topological polar surface area (TPSA) is 90.0 Å². The summed E-state index contributed by atoms with van der Waals surface area (Å²) in [5.74, 6) is -1.14. The van der Waals surface area contributed by atoms with E-state index in [1.165, 1.54) is 22.5 Å². The summed E-state index contributed by atoms with van der Waals surface area (Å²) in [5, 5.41) is 3.12. The standard InChI is InChI=1S/C21H24ClFN4O4S/c1-25(14-20(28)24-19-8-3-2-7-18(19)22)15-21(29)26-9-11-27(12-10-26)32(30,31)17-6-4-5-16(23)13-17/h2-8,13H,9-12,14-15H2,1H3,(H,24,28).